The van der Waals surface area contributed by atoms with Crippen LogP contribution >= 0.6 is 0 Å². The number of anilines is 12. The molecule has 0 unspecified atom stereocenters. The first-order valence-electron chi connectivity index (χ1n) is 38.9. The minimum atomic E-state index is 0.494. The number of hydrogen-bond acceptors (Lipinski definition) is 10. The van der Waals surface area contributed by atoms with E-state index in [-0.39, 0.29) is 0 Å². The molecule has 0 saturated heterocycles. The zero-order valence-electron chi connectivity index (χ0n) is 62.7. The highest BCUT2D eigenvalue weighted by atomic mass is 15.2. The molecule has 5 heterocycles. The maximum Gasteiger partial charge on any atom is 0.164 e. The van der Waals surface area contributed by atoms with Gasteiger partial charge in [-0.05, 0) is 239 Å². The van der Waals surface area contributed by atoms with Crippen molar-refractivity contribution in [2.24, 2.45) is 0 Å². The first-order chi connectivity index (χ1) is 57.5. The number of nitrogens with one attached hydrogen (secondary N) is 2. The van der Waals surface area contributed by atoms with Crippen molar-refractivity contribution in [3.8, 4) is 90.1 Å². The molecule has 0 fully saturated rings. The van der Waals surface area contributed by atoms with Gasteiger partial charge in [-0.1, -0.05) is 218 Å². The third-order valence-electron chi connectivity index (χ3n) is 21.8. The number of H-pyrrole nitrogens is 2. The largest absolute Gasteiger partial charge is 0.324 e. The Labute approximate surface area is 670 Å². The molecule has 19 aromatic rings. The van der Waals surface area contributed by atoms with Crippen molar-refractivity contribution in [1.82, 2.24) is 39.9 Å². The van der Waals surface area contributed by atoms with Crippen LogP contribution in [-0.4, -0.2) is 39.9 Å². The van der Waals surface area contributed by atoms with Crippen LogP contribution in [0.25, 0.3) is 134 Å². The summed E-state index contributed by atoms with van der Waals surface area (Å²) in [6.07, 6.45) is 0. The van der Waals surface area contributed by atoms with Gasteiger partial charge in [0.2, 0.25) is 0 Å². The SMILES string of the molecule is c1ccc(N(c2ccccc2)c2ccc(-c3ccc4c(c3)-c3nc-4nc4[nH]c(nc5nc(nc6[nH]c(n3)c3ccc(-c7ccc(N(c8ccccc8)c8ccccc8)cc7)cc63)-c3ccc(-c6ccc(N(c7ccccc7)c7ccccc7)cc6)cc3-5)c3ccc(-c5ccc(N(c6ccccc6)c6ccccc6)cc5)cc43)cc2)cc1. The number of benzene rings is 16. The third kappa shape index (κ3) is 12.9. The van der Waals surface area contributed by atoms with Crippen molar-refractivity contribution in [1.29, 1.82) is 0 Å². The molecule has 21 rings (SSSR count). The highest BCUT2D eigenvalue weighted by Crippen LogP contribution is 2.46. The molecule has 3 aromatic heterocycles. The van der Waals surface area contributed by atoms with E-state index in [0.717, 1.165) is 157 Å². The lowest BCUT2D eigenvalue weighted by atomic mass is 9.99. The summed E-state index contributed by atoms with van der Waals surface area (Å²) >= 11 is 0. The summed E-state index contributed by atoms with van der Waals surface area (Å²) in [4.78, 5) is 50.2. The minimum absolute atomic E-state index is 0.494. The van der Waals surface area contributed by atoms with Gasteiger partial charge in [0.1, 0.15) is 22.6 Å². The zero-order chi connectivity index (χ0) is 76.8. The standard InChI is InChI=1S/C104H70N12/c1-9-25-77(26-10-1)113(78-27-11-2-12-28-78)85-53-41-69(42-54-85)73-49-61-89-93(65-73)101-105-97(89)110-102-95-67-75(71-45-57-87(58-46-71)115(81-33-17-5-18-34-81)82-35-19-6-20-36-82)51-63-91(95)99(107-102)112-104-96-68-76(72-47-59-88(60-48-72)116(83-37-21-7-22-38-83)84-39-23-8-24-40-84)52-64-92(96)100(108-104)111-103-94-66-74(50-62-90(94)98(106-103)109-101)70-43-55-86(56-44-70)114(79-29-13-3-14-30-79)80-31-15-4-16-32-80/h1-68H,(H2,105,106,107,108,109,110,111,112). The lowest BCUT2D eigenvalue weighted by Crippen LogP contribution is -2.09. The van der Waals surface area contributed by atoms with E-state index < -0.39 is 0 Å². The van der Waals surface area contributed by atoms with E-state index in [4.69, 9.17) is 29.9 Å². The van der Waals surface area contributed by atoms with Gasteiger partial charge in [-0.2, -0.15) is 0 Å². The van der Waals surface area contributed by atoms with Gasteiger partial charge in [0.15, 0.2) is 23.3 Å². The van der Waals surface area contributed by atoms with Crippen molar-refractivity contribution in [3.63, 3.8) is 0 Å². The predicted molar refractivity (Wildman–Crippen MR) is 477 cm³/mol. The molecule has 2 aliphatic heterocycles. The van der Waals surface area contributed by atoms with Gasteiger partial charge >= 0.3 is 0 Å². The van der Waals surface area contributed by atoms with Crippen molar-refractivity contribution >= 4 is 112 Å². The molecular weight excluding hydrogens is 1420 g/mol. The molecule has 2 N–H and O–H groups in total. The molecule has 0 atom stereocenters. The average molecular weight is 1490 g/mol. The summed E-state index contributed by atoms with van der Waals surface area (Å²) in [6, 6.07) is 145. The second-order valence-corrected chi connectivity index (χ2v) is 28.9. The normalized spacial score (nSPS) is 11.4. The molecule has 12 nitrogen and oxygen atoms in total. The Morgan fingerprint density at radius 3 is 0.578 bits per heavy atom. The fraction of sp³-hybridized carbons (Fsp3) is 0. The highest BCUT2D eigenvalue weighted by Gasteiger charge is 2.26. The molecule has 0 saturated carbocycles. The molecule has 12 heteroatoms. The topological polar surface area (TPSA) is 122 Å². The molecule has 116 heavy (non-hydrogen) atoms. The summed E-state index contributed by atoms with van der Waals surface area (Å²) in [6.45, 7) is 0. The van der Waals surface area contributed by atoms with Crippen LogP contribution in [0.3, 0.4) is 0 Å². The van der Waals surface area contributed by atoms with Gasteiger partial charge in [0.25, 0.3) is 0 Å². The van der Waals surface area contributed by atoms with Crippen LogP contribution in [0.1, 0.15) is 0 Å². The zero-order valence-corrected chi connectivity index (χ0v) is 62.7. The Balaban J connectivity index is 0.752. The third-order valence-corrected chi connectivity index (χ3v) is 21.8. The summed E-state index contributed by atoms with van der Waals surface area (Å²) in [5.74, 6) is 1.98. The number of fused-ring (bicyclic) bond motifs is 20. The average Bonchev–Trinajstić information content (AvgIpc) is 1.59. The van der Waals surface area contributed by atoms with Crippen LogP contribution in [0.2, 0.25) is 0 Å². The van der Waals surface area contributed by atoms with E-state index in [0.29, 0.717) is 45.9 Å². The van der Waals surface area contributed by atoms with E-state index in [9.17, 15) is 0 Å². The maximum absolute atomic E-state index is 5.63. The molecule has 0 spiro atoms. The van der Waals surface area contributed by atoms with E-state index in [2.05, 4.69) is 442 Å². The van der Waals surface area contributed by atoms with Crippen LogP contribution < -0.4 is 19.6 Å². The summed E-state index contributed by atoms with van der Waals surface area (Å²) in [7, 11) is 0. The predicted octanol–water partition coefficient (Wildman–Crippen LogP) is 27.4. The Morgan fingerprint density at radius 1 is 0.147 bits per heavy atom. The molecule has 16 aromatic carbocycles. The van der Waals surface area contributed by atoms with Gasteiger partial charge in [-0.25, -0.2) is 29.9 Å². The Hall–Kier alpha value is -15.9. The number of aromatic nitrogens is 8. The maximum atomic E-state index is 5.63. The number of nitrogens with zero attached hydrogens (tertiary/aromatic N) is 10. The van der Waals surface area contributed by atoms with Crippen LogP contribution in [0, 0.1) is 0 Å². The molecule has 0 amide bonds. The summed E-state index contributed by atoms with van der Waals surface area (Å²) in [5, 5.41) is 3.42. The smallest absolute Gasteiger partial charge is 0.164 e. The Morgan fingerprint density at radius 2 is 0.336 bits per heavy atom. The molecular formula is C104H70N12. The summed E-state index contributed by atoms with van der Waals surface area (Å²) in [5.41, 5.74) is 26.4. The summed E-state index contributed by atoms with van der Waals surface area (Å²) < 4.78 is 0. The van der Waals surface area contributed by atoms with E-state index in [1.807, 2.05) is 0 Å². The molecule has 8 bridgehead atoms. The van der Waals surface area contributed by atoms with E-state index in [1.165, 1.54) is 0 Å². The van der Waals surface area contributed by atoms with Crippen molar-refractivity contribution in [2.45, 2.75) is 0 Å². The van der Waals surface area contributed by atoms with Gasteiger partial charge < -0.3 is 29.6 Å². The second kappa shape index (κ2) is 29.4. The number of hydrogen-bond donors (Lipinski definition) is 2. The lowest BCUT2D eigenvalue weighted by Gasteiger charge is -2.25. The Bertz CT molecular complexity index is 6440. The lowest BCUT2D eigenvalue weighted by molar-refractivity contribution is 1.19. The molecule has 0 aliphatic carbocycles. The van der Waals surface area contributed by atoms with Gasteiger partial charge in [0.05, 0.1) is 0 Å². The van der Waals surface area contributed by atoms with Crippen LogP contribution in [0.5, 0.6) is 0 Å². The molecule has 0 radical (unpaired) electrons. The van der Waals surface area contributed by atoms with Crippen LogP contribution in [0.4, 0.5) is 68.2 Å². The second-order valence-electron chi connectivity index (χ2n) is 28.9. The van der Waals surface area contributed by atoms with Gasteiger partial charge in [-0.3, -0.25) is 0 Å². The monoisotopic (exact) mass is 1490 g/mol. The fourth-order valence-electron chi connectivity index (χ4n) is 16.1. The number of para-hydroxylation sites is 8. The van der Waals surface area contributed by atoms with Gasteiger partial charge in [-0.15, -0.1) is 0 Å². The van der Waals surface area contributed by atoms with Crippen molar-refractivity contribution in [3.05, 3.63) is 413 Å². The highest BCUT2D eigenvalue weighted by molar-refractivity contribution is 6.09. The first-order valence-corrected chi connectivity index (χ1v) is 38.9. The quantitative estimate of drug-likeness (QED) is 0.0967. The first kappa shape index (κ1) is 68.1. The molecule has 546 valence electrons. The minimum Gasteiger partial charge on any atom is -0.324 e. The van der Waals surface area contributed by atoms with Gasteiger partial charge in [0, 0.05) is 112 Å². The number of aromatic amines is 2. The Kier molecular flexibility index (Phi) is 17.3. The van der Waals surface area contributed by atoms with Crippen molar-refractivity contribution < 1.29 is 0 Å². The van der Waals surface area contributed by atoms with Crippen LogP contribution in [-0.2, 0) is 0 Å². The van der Waals surface area contributed by atoms with E-state index in [1.54, 1.807) is 0 Å². The van der Waals surface area contributed by atoms with Crippen LogP contribution in [0.15, 0.2) is 413 Å². The molecule has 2 aliphatic rings. The number of rotatable bonds is 16. The van der Waals surface area contributed by atoms with Crippen molar-refractivity contribution in [2.75, 3.05) is 19.6 Å². The van der Waals surface area contributed by atoms with E-state index >= 15 is 0 Å². The fourth-order valence-corrected chi connectivity index (χ4v) is 16.1.